The van der Waals surface area contributed by atoms with Gasteiger partial charge in [0.1, 0.15) is 0 Å². The molecule has 1 nitrogen and oxygen atoms in total. The molecule has 0 rings (SSSR count). The van der Waals surface area contributed by atoms with Crippen molar-refractivity contribution >= 4 is 11.6 Å². The predicted octanol–water partition coefficient (Wildman–Crippen LogP) is 3.53. The summed E-state index contributed by atoms with van der Waals surface area (Å²) in [5.41, 5.74) is 0. The number of hydrogen-bond acceptors (Lipinski definition) is 1. The lowest BCUT2D eigenvalue weighted by atomic mass is 10.1. The normalized spacial score (nSPS) is 14.6. The second-order valence-electron chi connectivity index (χ2n) is 3.86. The Hall–Kier alpha value is 0.0400. The molecule has 5 heteroatoms. The van der Waals surface area contributed by atoms with Crippen LogP contribution in [0.25, 0.3) is 0 Å². The molecule has 0 spiro atoms. The molecule has 0 saturated carbocycles. The first-order valence-corrected chi connectivity index (χ1v) is 5.77. The summed E-state index contributed by atoms with van der Waals surface area (Å²) in [5.74, 6) is 0.969. The van der Waals surface area contributed by atoms with Crippen molar-refractivity contribution in [2.75, 3.05) is 25.5 Å². The van der Waals surface area contributed by atoms with E-state index in [1.807, 2.05) is 6.92 Å². The molecule has 0 aliphatic rings. The maximum absolute atomic E-state index is 12.1. The van der Waals surface area contributed by atoms with Crippen molar-refractivity contribution < 1.29 is 13.2 Å². The van der Waals surface area contributed by atoms with E-state index in [-0.39, 0.29) is 0 Å². The van der Waals surface area contributed by atoms with Crippen LogP contribution in [-0.4, -0.2) is 36.6 Å². The van der Waals surface area contributed by atoms with Crippen molar-refractivity contribution in [3.63, 3.8) is 0 Å². The molecule has 0 N–H and O–H groups in total. The van der Waals surface area contributed by atoms with Crippen LogP contribution in [0.5, 0.6) is 0 Å². The summed E-state index contributed by atoms with van der Waals surface area (Å²) in [6.07, 6.45) is -2.45. The van der Waals surface area contributed by atoms with Gasteiger partial charge < -0.3 is 0 Å². The van der Waals surface area contributed by atoms with Gasteiger partial charge in [0.25, 0.3) is 0 Å². The molecular formula is C10H19ClF3N. The van der Waals surface area contributed by atoms with Crippen LogP contribution >= 0.6 is 11.6 Å². The number of halogens is 4. The van der Waals surface area contributed by atoms with Crippen LogP contribution in [0.2, 0.25) is 0 Å². The van der Waals surface area contributed by atoms with Gasteiger partial charge in [0.2, 0.25) is 0 Å². The molecule has 0 aromatic rings. The van der Waals surface area contributed by atoms with Crippen molar-refractivity contribution in [2.24, 2.45) is 5.92 Å². The molecule has 92 valence electrons. The lowest BCUT2D eigenvalue weighted by Crippen LogP contribution is -2.35. The van der Waals surface area contributed by atoms with E-state index in [1.165, 1.54) is 4.90 Å². The van der Waals surface area contributed by atoms with Crippen molar-refractivity contribution in [3.8, 4) is 0 Å². The van der Waals surface area contributed by atoms with Crippen LogP contribution in [0.1, 0.15) is 26.7 Å². The Morgan fingerprint density at radius 1 is 1.27 bits per heavy atom. The molecule has 0 heterocycles. The Morgan fingerprint density at radius 3 is 2.27 bits per heavy atom. The molecule has 0 saturated heterocycles. The van der Waals surface area contributed by atoms with Gasteiger partial charge in [-0.1, -0.05) is 13.8 Å². The molecule has 0 radical (unpaired) electrons. The number of hydrogen-bond donors (Lipinski definition) is 0. The van der Waals surface area contributed by atoms with E-state index in [9.17, 15) is 13.2 Å². The van der Waals surface area contributed by atoms with E-state index in [4.69, 9.17) is 11.6 Å². The van der Waals surface area contributed by atoms with E-state index in [0.717, 1.165) is 12.8 Å². The van der Waals surface area contributed by atoms with E-state index >= 15 is 0 Å². The van der Waals surface area contributed by atoms with Crippen LogP contribution in [0, 0.1) is 5.92 Å². The van der Waals surface area contributed by atoms with Crippen LogP contribution in [0.15, 0.2) is 0 Å². The van der Waals surface area contributed by atoms with Crippen LogP contribution in [0.3, 0.4) is 0 Å². The molecule has 0 aromatic carbocycles. The third kappa shape index (κ3) is 9.00. The van der Waals surface area contributed by atoms with Crippen LogP contribution in [0.4, 0.5) is 13.2 Å². The molecule has 0 aliphatic heterocycles. The van der Waals surface area contributed by atoms with Crippen molar-refractivity contribution in [1.29, 1.82) is 0 Å². The SMILES string of the molecule is CCN(CCC(C)CCCl)CC(F)(F)F. The summed E-state index contributed by atoms with van der Waals surface area (Å²) in [6.45, 7) is 3.89. The zero-order valence-corrected chi connectivity index (χ0v) is 10.0. The molecule has 15 heavy (non-hydrogen) atoms. The van der Waals surface area contributed by atoms with Gasteiger partial charge in [0.05, 0.1) is 6.54 Å². The molecule has 0 bridgehead atoms. The molecule has 0 aromatic heterocycles. The van der Waals surface area contributed by atoms with Crippen molar-refractivity contribution in [2.45, 2.75) is 32.9 Å². The number of alkyl halides is 4. The zero-order chi connectivity index (χ0) is 11.9. The fourth-order valence-corrected chi connectivity index (χ4v) is 1.71. The Kier molecular flexibility index (Phi) is 7.36. The Bertz CT molecular complexity index is 161. The summed E-state index contributed by atoms with van der Waals surface area (Å²) in [6, 6.07) is 0. The molecule has 1 atom stereocenters. The van der Waals surface area contributed by atoms with Gasteiger partial charge in [-0.2, -0.15) is 13.2 Å². The minimum absolute atomic E-state index is 0.393. The van der Waals surface area contributed by atoms with Crippen LogP contribution in [-0.2, 0) is 0 Å². The van der Waals surface area contributed by atoms with Gasteiger partial charge in [-0.05, 0) is 31.8 Å². The fourth-order valence-electron chi connectivity index (χ4n) is 1.34. The van der Waals surface area contributed by atoms with Gasteiger partial charge in [-0.25, -0.2) is 0 Å². The minimum Gasteiger partial charge on any atom is -0.295 e. The molecule has 1 unspecified atom stereocenters. The summed E-state index contributed by atoms with van der Waals surface area (Å²) in [7, 11) is 0. The predicted molar refractivity (Wildman–Crippen MR) is 57.3 cm³/mol. The van der Waals surface area contributed by atoms with Gasteiger partial charge in [-0.15, -0.1) is 11.6 Å². The fraction of sp³-hybridized carbons (Fsp3) is 1.00. The number of rotatable bonds is 7. The standard InChI is InChI=1S/C10H19ClF3N/c1-3-15(8-10(12,13)14)7-5-9(2)4-6-11/h9H,3-8H2,1-2H3. The van der Waals surface area contributed by atoms with Crippen LogP contribution < -0.4 is 0 Å². The lowest BCUT2D eigenvalue weighted by molar-refractivity contribution is -0.145. The van der Waals surface area contributed by atoms with Gasteiger partial charge in [0.15, 0.2) is 0 Å². The van der Waals surface area contributed by atoms with Gasteiger partial charge in [-0.3, -0.25) is 4.90 Å². The minimum atomic E-state index is -4.09. The summed E-state index contributed by atoms with van der Waals surface area (Å²) >= 11 is 5.56. The van der Waals surface area contributed by atoms with E-state index in [2.05, 4.69) is 0 Å². The highest BCUT2D eigenvalue weighted by Gasteiger charge is 2.29. The van der Waals surface area contributed by atoms with Gasteiger partial charge in [0, 0.05) is 5.88 Å². The lowest BCUT2D eigenvalue weighted by Gasteiger charge is -2.23. The topological polar surface area (TPSA) is 3.24 Å². The smallest absolute Gasteiger partial charge is 0.295 e. The monoisotopic (exact) mass is 245 g/mol. The maximum atomic E-state index is 12.1. The first kappa shape index (κ1) is 15.0. The molecule has 0 fully saturated rings. The Morgan fingerprint density at radius 2 is 1.87 bits per heavy atom. The van der Waals surface area contributed by atoms with Crippen molar-refractivity contribution in [3.05, 3.63) is 0 Å². The second kappa shape index (κ2) is 7.34. The first-order chi connectivity index (χ1) is 6.89. The first-order valence-electron chi connectivity index (χ1n) is 5.24. The average Bonchev–Trinajstić information content (AvgIpc) is 2.11. The van der Waals surface area contributed by atoms with Crippen molar-refractivity contribution in [1.82, 2.24) is 4.90 Å². The maximum Gasteiger partial charge on any atom is 0.401 e. The quantitative estimate of drug-likeness (QED) is 0.621. The Balaban J connectivity index is 3.80. The highest BCUT2D eigenvalue weighted by molar-refractivity contribution is 6.17. The van der Waals surface area contributed by atoms with E-state index in [0.29, 0.717) is 24.9 Å². The Labute approximate surface area is 94.6 Å². The largest absolute Gasteiger partial charge is 0.401 e. The summed E-state index contributed by atoms with van der Waals surface area (Å²) < 4.78 is 36.3. The highest BCUT2D eigenvalue weighted by atomic mass is 35.5. The zero-order valence-electron chi connectivity index (χ0n) is 9.28. The van der Waals surface area contributed by atoms with E-state index < -0.39 is 12.7 Å². The molecular weight excluding hydrogens is 227 g/mol. The number of nitrogens with zero attached hydrogens (tertiary/aromatic N) is 1. The van der Waals surface area contributed by atoms with E-state index in [1.54, 1.807) is 6.92 Å². The third-order valence-electron chi connectivity index (χ3n) is 2.39. The summed E-state index contributed by atoms with van der Waals surface area (Å²) in [5, 5.41) is 0. The molecule has 0 aliphatic carbocycles. The highest BCUT2D eigenvalue weighted by Crippen LogP contribution is 2.17. The molecule has 0 amide bonds. The third-order valence-corrected chi connectivity index (χ3v) is 2.61. The van der Waals surface area contributed by atoms with Gasteiger partial charge >= 0.3 is 6.18 Å². The summed E-state index contributed by atoms with van der Waals surface area (Å²) in [4.78, 5) is 1.42. The second-order valence-corrected chi connectivity index (χ2v) is 4.23. The average molecular weight is 246 g/mol.